The molecule has 1 aliphatic heterocycles. The van der Waals surface area contributed by atoms with E-state index >= 15 is 0 Å². The first-order valence-corrected chi connectivity index (χ1v) is 4.81. The molecule has 2 unspecified atom stereocenters. The molecular weight excluding hydrogens is 178 g/mol. The first kappa shape index (κ1) is 9.49. The topological polar surface area (TPSA) is 32.5 Å². The number of aliphatic hydroxyl groups excluding tert-OH is 1. The molecule has 0 bridgehead atoms. The van der Waals surface area contributed by atoms with Crippen molar-refractivity contribution in [2.24, 2.45) is 0 Å². The number of rotatable bonds is 4. The second kappa shape index (κ2) is 3.98. The highest BCUT2D eigenvalue weighted by atomic mass is 16.5. The van der Waals surface area contributed by atoms with E-state index in [0.717, 1.165) is 18.8 Å². The van der Waals surface area contributed by atoms with E-state index in [1.54, 1.807) is 7.11 Å². The Labute approximate surface area is 83.9 Å². The predicted molar refractivity (Wildman–Crippen MR) is 54.3 cm³/mol. The van der Waals surface area contributed by atoms with Crippen molar-refractivity contribution < 1.29 is 9.84 Å². The smallest absolute Gasteiger partial charge is 0.118 e. The van der Waals surface area contributed by atoms with Gasteiger partial charge in [-0.1, -0.05) is 12.1 Å². The SMILES string of the molecule is COc1ccc(CN2CC2CO)cc1. The second-order valence-corrected chi connectivity index (χ2v) is 3.61. The molecule has 2 rings (SSSR count). The lowest BCUT2D eigenvalue weighted by Crippen LogP contribution is -2.05. The molecule has 1 aromatic rings. The predicted octanol–water partition coefficient (Wildman–Crippen LogP) is 0.872. The molecule has 0 spiro atoms. The van der Waals surface area contributed by atoms with Gasteiger partial charge in [-0.15, -0.1) is 0 Å². The van der Waals surface area contributed by atoms with Crippen LogP contribution in [-0.2, 0) is 6.54 Å². The van der Waals surface area contributed by atoms with Crippen LogP contribution in [0.15, 0.2) is 24.3 Å². The molecule has 0 aliphatic carbocycles. The summed E-state index contributed by atoms with van der Waals surface area (Å²) < 4.78 is 5.08. The lowest BCUT2D eigenvalue weighted by atomic mass is 10.2. The number of nitrogens with zero attached hydrogens (tertiary/aromatic N) is 1. The third-order valence-electron chi connectivity index (χ3n) is 2.58. The second-order valence-electron chi connectivity index (χ2n) is 3.61. The van der Waals surface area contributed by atoms with Gasteiger partial charge < -0.3 is 9.84 Å². The maximum atomic E-state index is 8.87. The summed E-state index contributed by atoms with van der Waals surface area (Å²) in [5.41, 5.74) is 1.27. The average molecular weight is 193 g/mol. The van der Waals surface area contributed by atoms with Crippen LogP contribution in [0, 0.1) is 0 Å². The molecule has 0 amide bonds. The number of methoxy groups -OCH3 is 1. The Kier molecular flexibility index (Phi) is 2.70. The monoisotopic (exact) mass is 193 g/mol. The van der Waals surface area contributed by atoms with Gasteiger partial charge in [0.25, 0.3) is 0 Å². The zero-order valence-electron chi connectivity index (χ0n) is 8.31. The first-order valence-electron chi connectivity index (χ1n) is 4.81. The lowest BCUT2D eigenvalue weighted by Gasteiger charge is -2.04. The zero-order chi connectivity index (χ0) is 9.97. The largest absolute Gasteiger partial charge is 0.497 e. The molecule has 76 valence electrons. The summed E-state index contributed by atoms with van der Waals surface area (Å²) in [5.74, 6) is 0.887. The van der Waals surface area contributed by atoms with Crippen LogP contribution in [0.25, 0.3) is 0 Å². The fourth-order valence-electron chi connectivity index (χ4n) is 1.56. The summed E-state index contributed by atoms with van der Waals surface area (Å²) in [6.07, 6.45) is 0. The minimum absolute atomic E-state index is 0.274. The zero-order valence-corrected chi connectivity index (χ0v) is 8.31. The first-order chi connectivity index (χ1) is 6.83. The number of hydrogen-bond donors (Lipinski definition) is 1. The summed E-state index contributed by atoms with van der Waals surface area (Å²) in [7, 11) is 1.67. The van der Waals surface area contributed by atoms with Crippen LogP contribution in [-0.4, -0.2) is 36.3 Å². The molecule has 1 heterocycles. The van der Waals surface area contributed by atoms with Crippen molar-refractivity contribution in [1.29, 1.82) is 0 Å². The summed E-state index contributed by atoms with van der Waals surface area (Å²) in [5, 5.41) is 8.87. The van der Waals surface area contributed by atoms with E-state index in [1.807, 2.05) is 12.1 Å². The van der Waals surface area contributed by atoms with E-state index in [1.165, 1.54) is 5.56 Å². The summed E-state index contributed by atoms with van der Waals surface area (Å²) >= 11 is 0. The van der Waals surface area contributed by atoms with Crippen LogP contribution in [0.1, 0.15) is 5.56 Å². The Morgan fingerprint density at radius 2 is 2.14 bits per heavy atom. The third-order valence-corrected chi connectivity index (χ3v) is 2.58. The molecule has 1 aromatic carbocycles. The summed E-state index contributed by atoms with van der Waals surface area (Å²) in [4.78, 5) is 2.24. The van der Waals surface area contributed by atoms with Gasteiger partial charge in [-0.05, 0) is 17.7 Å². The normalized spacial score (nSPS) is 24.7. The van der Waals surface area contributed by atoms with E-state index in [4.69, 9.17) is 9.84 Å². The van der Waals surface area contributed by atoms with Crippen molar-refractivity contribution in [2.45, 2.75) is 12.6 Å². The Morgan fingerprint density at radius 3 is 2.64 bits per heavy atom. The molecule has 14 heavy (non-hydrogen) atoms. The van der Waals surface area contributed by atoms with Gasteiger partial charge >= 0.3 is 0 Å². The van der Waals surface area contributed by atoms with Crippen molar-refractivity contribution in [3.63, 3.8) is 0 Å². The van der Waals surface area contributed by atoms with Crippen LogP contribution in [0.2, 0.25) is 0 Å². The van der Waals surface area contributed by atoms with Crippen molar-refractivity contribution in [3.05, 3.63) is 29.8 Å². The maximum Gasteiger partial charge on any atom is 0.118 e. The fourth-order valence-corrected chi connectivity index (χ4v) is 1.56. The van der Waals surface area contributed by atoms with Crippen LogP contribution in [0.3, 0.4) is 0 Å². The molecule has 1 fully saturated rings. The fraction of sp³-hybridized carbons (Fsp3) is 0.455. The Balaban J connectivity index is 1.91. The Morgan fingerprint density at radius 1 is 1.43 bits per heavy atom. The van der Waals surface area contributed by atoms with Gasteiger partial charge in [-0.2, -0.15) is 0 Å². The molecule has 1 N–H and O–H groups in total. The highest BCUT2D eigenvalue weighted by Gasteiger charge is 2.32. The third kappa shape index (κ3) is 2.05. The van der Waals surface area contributed by atoms with Crippen molar-refractivity contribution in [1.82, 2.24) is 4.90 Å². The number of benzene rings is 1. The maximum absolute atomic E-state index is 8.87. The van der Waals surface area contributed by atoms with Gasteiger partial charge in [-0.25, -0.2) is 0 Å². The molecule has 1 saturated heterocycles. The van der Waals surface area contributed by atoms with Crippen molar-refractivity contribution in [2.75, 3.05) is 20.3 Å². The van der Waals surface area contributed by atoms with Crippen LogP contribution >= 0.6 is 0 Å². The Bertz CT molecular complexity index is 297. The van der Waals surface area contributed by atoms with E-state index in [2.05, 4.69) is 17.0 Å². The van der Waals surface area contributed by atoms with Gasteiger partial charge in [-0.3, -0.25) is 4.90 Å². The van der Waals surface area contributed by atoms with E-state index < -0.39 is 0 Å². The molecule has 0 saturated carbocycles. The van der Waals surface area contributed by atoms with E-state index in [9.17, 15) is 0 Å². The number of hydrogen-bond acceptors (Lipinski definition) is 3. The van der Waals surface area contributed by atoms with Gasteiger partial charge in [0.15, 0.2) is 0 Å². The molecule has 3 nitrogen and oxygen atoms in total. The molecule has 0 aromatic heterocycles. The standard InChI is InChI=1S/C11H15NO2/c1-14-11-4-2-9(3-5-11)6-12-7-10(12)8-13/h2-5,10,13H,6-8H2,1H3. The van der Waals surface area contributed by atoms with Crippen LogP contribution in [0.5, 0.6) is 5.75 Å². The van der Waals surface area contributed by atoms with E-state index in [-0.39, 0.29) is 6.61 Å². The minimum Gasteiger partial charge on any atom is -0.497 e. The average Bonchev–Trinajstić information content (AvgIpc) is 2.98. The quantitative estimate of drug-likeness (QED) is 0.720. The molecule has 3 heteroatoms. The highest BCUT2D eigenvalue weighted by molar-refractivity contribution is 5.27. The molecule has 1 aliphatic rings. The Hall–Kier alpha value is -1.06. The summed E-state index contributed by atoms with van der Waals surface area (Å²) in [6, 6.07) is 8.44. The van der Waals surface area contributed by atoms with Crippen LogP contribution < -0.4 is 4.74 Å². The van der Waals surface area contributed by atoms with Gasteiger partial charge in [0.05, 0.1) is 13.7 Å². The van der Waals surface area contributed by atoms with Gasteiger partial charge in [0, 0.05) is 19.1 Å². The molecule has 0 radical (unpaired) electrons. The highest BCUT2D eigenvalue weighted by Crippen LogP contribution is 2.21. The molecular formula is C11H15NO2. The van der Waals surface area contributed by atoms with Gasteiger partial charge in [0.1, 0.15) is 5.75 Å². The van der Waals surface area contributed by atoms with Gasteiger partial charge in [0.2, 0.25) is 0 Å². The van der Waals surface area contributed by atoms with E-state index in [0.29, 0.717) is 6.04 Å². The molecule has 2 atom stereocenters. The summed E-state index contributed by atoms with van der Waals surface area (Å²) in [6.45, 7) is 2.22. The number of ether oxygens (including phenoxy) is 1. The minimum atomic E-state index is 0.274. The van der Waals surface area contributed by atoms with Crippen molar-refractivity contribution >= 4 is 0 Å². The lowest BCUT2D eigenvalue weighted by molar-refractivity contribution is 0.272. The van der Waals surface area contributed by atoms with Crippen molar-refractivity contribution in [3.8, 4) is 5.75 Å². The number of aliphatic hydroxyl groups is 1. The van der Waals surface area contributed by atoms with Crippen LogP contribution in [0.4, 0.5) is 0 Å².